The molecule has 3 rings (SSSR count). The van der Waals surface area contributed by atoms with Crippen molar-refractivity contribution in [2.75, 3.05) is 10.6 Å². The van der Waals surface area contributed by atoms with Crippen molar-refractivity contribution in [3.63, 3.8) is 0 Å². The molecule has 0 unspecified atom stereocenters. The summed E-state index contributed by atoms with van der Waals surface area (Å²) in [5.41, 5.74) is 2.60. The van der Waals surface area contributed by atoms with E-state index < -0.39 is 0 Å². The van der Waals surface area contributed by atoms with Gasteiger partial charge in [-0.05, 0) is 61.0 Å². The van der Waals surface area contributed by atoms with E-state index in [-0.39, 0.29) is 23.9 Å². The number of anilines is 3. The lowest BCUT2D eigenvalue weighted by Gasteiger charge is -2.08. The number of amides is 1. The van der Waals surface area contributed by atoms with E-state index in [9.17, 15) is 14.0 Å². The highest BCUT2D eigenvalue weighted by molar-refractivity contribution is 5.94. The number of ketones is 1. The van der Waals surface area contributed by atoms with Crippen LogP contribution < -0.4 is 10.6 Å². The normalized spacial score (nSPS) is 10.3. The summed E-state index contributed by atoms with van der Waals surface area (Å²) in [7, 11) is 0. The van der Waals surface area contributed by atoms with Gasteiger partial charge in [0.25, 0.3) is 0 Å². The SMILES string of the molecule is CC(=O)c1ccc(Nc2ccc(NC(=O)Cc3cccc(F)c3)cn2)cc1. The molecule has 1 heterocycles. The third kappa shape index (κ3) is 5.22. The van der Waals surface area contributed by atoms with Crippen molar-refractivity contribution >= 4 is 28.9 Å². The van der Waals surface area contributed by atoms with Gasteiger partial charge in [-0.25, -0.2) is 9.37 Å². The lowest BCUT2D eigenvalue weighted by Crippen LogP contribution is -2.14. The quantitative estimate of drug-likeness (QED) is 0.639. The molecule has 0 aliphatic heterocycles. The average Bonchev–Trinajstić information content (AvgIpc) is 2.64. The van der Waals surface area contributed by atoms with E-state index in [4.69, 9.17) is 0 Å². The van der Waals surface area contributed by atoms with Gasteiger partial charge in [0.15, 0.2) is 5.78 Å². The molecule has 0 atom stereocenters. The van der Waals surface area contributed by atoms with Crippen LogP contribution in [0, 0.1) is 5.82 Å². The summed E-state index contributed by atoms with van der Waals surface area (Å²) in [6.45, 7) is 1.52. The van der Waals surface area contributed by atoms with Gasteiger partial charge in [-0.1, -0.05) is 12.1 Å². The number of nitrogens with one attached hydrogen (secondary N) is 2. The van der Waals surface area contributed by atoms with Gasteiger partial charge in [0.2, 0.25) is 5.91 Å². The molecule has 5 nitrogen and oxygen atoms in total. The highest BCUT2D eigenvalue weighted by Gasteiger charge is 2.06. The Bertz CT molecular complexity index is 954. The highest BCUT2D eigenvalue weighted by atomic mass is 19.1. The molecule has 0 bridgehead atoms. The van der Waals surface area contributed by atoms with Crippen LogP contribution in [-0.4, -0.2) is 16.7 Å². The molecule has 2 N–H and O–H groups in total. The average molecular weight is 363 g/mol. The molecule has 1 amide bonds. The van der Waals surface area contributed by atoms with Crippen LogP contribution in [0.15, 0.2) is 66.9 Å². The van der Waals surface area contributed by atoms with Crippen LogP contribution in [0.25, 0.3) is 0 Å². The lowest BCUT2D eigenvalue weighted by molar-refractivity contribution is -0.115. The van der Waals surface area contributed by atoms with Crippen LogP contribution >= 0.6 is 0 Å². The molecule has 136 valence electrons. The van der Waals surface area contributed by atoms with Crippen molar-refractivity contribution in [1.82, 2.24) is 4.98 Å². The maximum absolute atomic E-state index is 13.2. The second-order valence-corrected chi connectivity index (χ2v) is 6.05. The molecule has 27 heavy (non-hydrogen) atoms. The number of carbonyl (C=O) groups is 2. The fraction of sp³-hybridized carbons (Fsp3) is 0.0952. The maximum Gasteiger partial charge on any atom is 0.228 e. The summed E-state index contributed by atoms with van der Waals surface area (Å²) in [4.78, 5) is 27.6. The molecular formula is C21H18FN3O2. The predicted molar refractivity (Wildman–Crippen MR) is 103 cm³/mol. The van der Waals surface area contributed by atoms with Crippen LogP contribution in [-0.2, 0) is 11.2 Å². The number of hydrogen-bond acceptors (Lipinski definition) is 4. The first-order chi connectivity index (χ1) is 13.0. The van der Waals surface area contributed by atoms with Gasteiger partial charge in [0.1, 0.15) is 11.6 Å². The zero-order valence-corrected chi connectivity index (χ0v) is 14.7. The molecule has 0 saturated heterocycles. The van der Waals surface area contributed by atoms with Gasteiger partial charge in [-0.2, -0.15) is 0 Å². The van der Waals surface area contributed by atoms with E-state index in [0.717, 1.165) is 5.69 Å². The Labute approximate surface area is 156 Å². The number of rotatable bonds is 6. The number of Topliss-reactive ketones (excluding diaryl/α,β-unsaturated/α-hetero) is 1. The summed E-state index contributed by atoms with van der Waals surface area (Å²) in [6, 6.07) is 16.5. The van der Waals surface area contributed by atoms with Crippen LogP contribution in [0.3, 0.4) is 0 Å². The van der Waals surface area contributed by atoms with Crippen LogP contribution in [0.2, 0.25) is 0 Å². The first kappa shape index (κ1) is 18.3. The summed E-state index contributed by atoms with van der Waals surface area (Å²) in [6.07, 6.45) is 1.62. The standard InChI is InChI=1S/C21H18FN3O2/c1-14(26)16-5-7-18(8-6-16)24-20-10-9-19(13-23-20)25-21(27)12-15-3-2-4-17(22)11-15/h2-11,13H,12H2,1H3,(H,23,24)(H,25,27). The van der Waals surface area contributed by atoms with Gasteiger partial charge >= 0.3 is 0 Å². The highest BCUT2D eigenvalue weighted by Crippen LogP contribution is 2.17. The van der Waals surface area contributed by atoms with Crippen LogP contribution in [0.4, 0.5) is 21.6 Å². The molecule has 2 aromatic carbocycles. The van der Waals surface area contributed by atoms with Crippen molar-refractivity contribution in [1.29, 1.82) is 0 Å². The largest absolute Gasteiger partial charge is 0.340 e. The number of aromatic nitrogens is 1. The van der Waals surface area contributed by atoms with Gasteiger partial charge in [0.05, 0.1) is 18.3 Å². The summed E-state index contributed by atoms with van der Waals surface area (Å²) < 4.78 is 13.2. The molecule has 1 aromatic heterocycles. The molecule has 0 aliphatic carbocycles. The fourth-order valence-electron chi connectivity index (χ4n) is 2.52. The Hall–Kier alpha value is -3.54. The molecule has 0 spiro atoms. The fourth-order valence-corrected chi connectivity index (χ4v) is 2.52. The minimum absolute atomic E-state index is 0.0120. The molecular weight excluding hydrogens is 345 g/mol. The topological polar surface area (TPSA) is 71.1 Å². The van der Waals surface area contributed by atoms with Gasteiger partial charge in [-0.3, -0.25) is 9.59 Å². The molecule has 0 radical (unpaired) electrons. The van der Waals surface area contributed by atoms with Crippen molar-refractivity contribution in [2.24, 2.45) is 0 Å². The number of carbonyl (C=O) groups excluding carboxylic acids is 2. The predicted octanol–water partition coefficient (Wildman–Crippen LogP) is 4.35. The third-order valence-corrected chi connectivity index (χ3v) is 3.86. The van der Waals surface area contributed by atoms with Crippen molar-refractivity contribution in [2.45, 2.75) is 13.3 Å². The second kappa shape index (κ2) is 8.23. The van der Waals surface area contributed by atoms with E-state index in [0.29, 0.717) is 22.6 Å². The van der Waals surface area contributed by atoms with E-state index in [1.54, 1.807) is 48.5 Å². The third-order valence-electron chi connectivity index (χ3n) is 3.86. The van der Waals surface area contributed by atoms with Crippen LogP contribution in [0.1, 0.15) is 22.8 Å². The summed E-state index contributed by atoms with van der Waals surface area (Å²) in [5.74, 6) is 0.00313. The number of nitrogens with zero attached hydrogens (tertiary/aromatic N) is 1. The van der Waals surface area contributed by atoms with E-state index >= 15 is 0 Å². The minimum Gasteiger partial charge on any atom is -0.340 e. The zero-order valence-electron chi connectivity index (χ0n) is 14.7. The molecule has 6 heteroatoms. The smallest absolute Gasteiger partial charge is 0.228 e. The Morgan fingerprint density at radius 1 is 1.00 bits per heavy atom. The Morgan fingerprint density at radius 2 is 1.74 bits per heavy atom. The number of hydrogen-bond donors (Lipinski definition) is 2. The van der Waals surface area contributed by atoms with Gasteiger partial charge in [-0.15, -0.1) is 0 Å². The van der Waals surface area contributed by atoms with Crippen molar-refractivity contribution in [3.8, 4) is 0 Å². The molecule has 0 fully saturated rings. The van der Waals surface area contributed by atoms with Gasteiger partial charge in [0, 0.05) is 11.3 Å². The Balaban J connectivity index is 1.58. The first-order valence-corrected chi connectivity index (χ1v) is 8.38. The number of halogens is 1. The second-order valence-electron chi connectivity index (χ2n) is 6.05. The Morgan fingerprint density at radius 3 is 2.37 bits per heavy atom. The monoisotopic (exact) mass is 363 g/mol. The summed E-state index contributed by atoms with van der Waals surface area (Å²) >= 11 is 0. The lowest BCUT2D eigenvalue weighted by atomic mass is 10.1. The maximum atomic E-state index is 13.2. The van der Waals surface area contributed by atoms with Crippen LogP contribution in [0.5, 0.6) is 0 Å². The number of benzene rings is 2. The summed E-state index contributed by atoms with van der Waals surface area (Å²) in [5, 5.41) is 5.85. The van der Waals surface area contributed by atoms with E-state index in [2.05, 4.69) is 15.6 Å². The van der Waals surface area contributed by atoms with E-state index in [1.165, 1.54) is 25.3 Å². The van der Waals surface area contributed by atoms with Crippen molar-refractivity contribution < 1.29 is 14.0 Å². The molecule has 3 aromatic rings. The van der Waals surface area contributed by atoms with Crippen molar-refractivity contribution in [3.05, 3.63) is 83.8 Å². The van der Waals surface area contributed by atoms with E-state index in [1.807, 2.05) is 0 Å². The first-order valence-electron chi connectivity index (χ1n) is 8.38. The molecule has 0 aliphatic rings. The van der Waals surface area contributed by atoms with Gasteiger partial charge < -0.3 is 10.6 Å². The minimum atomic E-state index is -0.367. The Kier molecular flexibility index (Phi) is 5.56. The molecule has 0 saturated carbocycles. The zero-order chi connectivity index (χ0) is 19.2. The number of pyridine rings is 1.